The molecule has 2 aromatic rings. The molecule has 0 aliphatic carbocycles. The largest absolute Gasteiger partial charge is 0.482 e. The van der Waals surface area contributed by atoms with Crippen LogP contribution in [0.1, 0.15) is 24.6 Å². The number of thioether (sulfide) groups is 1. The van der Waals surface area contributed by atoms with Gasteiger partial charge in [0.05, 0.1) is 18.8 Å². The van der Waals surface area contributed by atoms with Crippen LogP contribution in [-0.2, 0) is 0 Å². The summed E-state index contributed by atoms with van der Waals surface area (Å²) in [6.07, 6.45) is 4.47. The Labute approximate surface area is 105 Å². The van der Waals surface area contributed by atoms with E-state index in [2.05, 4.69) is 15.5 Å². The van der Waals surface area contributed by atoms with E-state index >= 15 is 0 Å². The third kappa shape index (κ3) is 1.90. The van der Waals surface area contributed by atoms with Gasteiger partial charge in [-0.05, 0) is 30.7 Å². The lowest BCUT2D eigenvalue weighted by molar-refractivity contribution is 0.388. The summed E-state index contributed by atoms with van der Waals surface area (Å²) >= 11 is 2.03. The van der Waals surface area contributed by atoms with E-state index < -0.39 is 0 Å². The highest BCUT2D eigenvalue weighted by Crippen LogP contribution is 2.32. The molecule has 0 bridgehead atoms. The monoisotopic (exact) mass is 248 g/mol. The van der Waals surface area contributed by atoms with E-state index in [0.29, 0.717) is 5.92 Å². The van der Waals surface area contributed by atoms with E-state index in [4.69, 9.17) is 4.74 Å². The molecule has 90 valence electrons. The van der Waals surface area contributed by atoms with Gasteiger partial charge in [-0.15, -0.1) is 0 Å². The van der Waals surface area contributed by atoms with Crippen LogP contribution in [0.3, 0.4) is 0 Å². The first-order valence-corrected chi connectivity index (χ1v) is 7.13. The van der Waals surface area contributed by atoms with Crippen molar-refractivity contribution in [1.29, 1.82) is 0 Å². The summed E-state index contributed by atoms with van der Waals surface area (Å²) in [5.74, 6) is 5.07. The molecule has 4 heteroatoms. The van der Waals surface area contributed by atoms with Gasteiger partial charge in [0, 0.05) is 11.7 Å². The number of fused-ring (bicyclic) bond motifs is 1. The summed E-state index contributed by atoms with van der Waals surface area (Å²) in [4.78, 5) is 4.60. The Bertz CT molecular complexity index is 517. The van der Waals surface area contributed by atoms with Gasteiger partial charge >= 0.3 is 0 Å². The van der Waals surface area contributed by atoms with Crippen LogP contribution in [-0.4, -0.2) is 28.0 Å². The van der Waals surface area contributed by atoms with Crippen molar-refractivity contribution in [2.75, 3.05) is 18.6 Å². The molecule has 1 aliphatic heterocycles. The number of pyridine rings is 1. The van der Waals surface area contributed by atoms with Crippen LogP contribution in [0.4, 0.5) is 0 Å². The zero-order chi connectivity index (χ0) is 11.7. The first kappa shape index (κ1) is 11.0. The Balaban J connectivity index is 2.09. The molecule has 3 heterocycles. The number of nitrogens with zero attached hydrogens (tertiary/aromatic N) is 2. The third-order valence-electron chi connectivity index (χ3n) is 3.28. The van der Waals surface area contributed by atoms with E-state index in [1.807, 2.05) is 30.1 Å². The molecule has 0 spiro atoms. The van der Waals surface area contributed by atoms with E-state index in [1.165, 1.54) is 24.3 Å². The molecule has 1 unspecified atom stereocenters. The summed E-state index contributed by atoms with van der Waals surface area (Å²) in [5, 5.41) is 0. The van der Waals surface area contributed by atoms with Crippen molar-refractivity contribution in [1.82, 2.24) is 9.38 Å². The first-order valence-electron chi connectivity index (χ1n) is 5.98. The van der Waals surface area contributed by atoms with Crippen LogP contribution in [0.5, 0.6) is 5.88 Å². The van der Waals surface area contributed by atoms with Crippen LogP contribution in [0.2, 0.25) is 0 Å². The zero-order valence-corrected chi connectivity index (χ0v) is 10.7. The van der Waals surface area contributed by atoms with Crippen LogP contribution in [0, 0.1) is 0 Å². The quantitative estimate of drug-likeness (QED) is 0.817. The molecule has 1 fully saturated rings. The minimum Gasteiger partial charge on any atom is -0.482 e. The Morgan fingerprint density at radius 3 is 3.18 bits per heavy atom. The molecule has 2 aromatic heterocycles. The van der Waals surface area contributed by atoms with Crippen LogP contribution in [0.15, 0.2) is 24.4 Å². The second kappa shape index (κ2) is 4.61. The predicted octanol–water partition coefficient (Wildman–Crippen LogP) is 2.95. The number of rotatable bonds is 2. The Morgan fingerprint density at radius 1 is 1.47 bits per heavy atom. The summed E-state index contributed by atoms with van der Waals surface area (Å²) in [6, 6.07) is 6.08. The lowest BCUT2D eigenvalue weighted by Crippen LogP contribution is -2.12. The number of ether oxygens (including phenoxy) is 1. The normalized spacial score (nSPS) is 20.6. The maximum absolute atomic E-state index is 5.43. The lowest BCUT2D eigenvalue weighted by atomic mass is 10.0. The van der Waals surface area contributed by atoms with Gasteiger partial charge in [-0.3, -0.25) is 4.40 Å². The zero-order valence-electron chi connectivity index (χ0n) is 9.93. The molecule has 1 aliphatic rings. The fourth-order valence-electron chi connectivity index (χ4n) is 2.43. The minimum atomic E-state index is 0.563. The minimum absolute atomic E-state index is 0.563. The highest BCUT2D eigenvalue weighted by molar-refractivity contribution is 7.99. The first-order chi connectivity index (χ1) is 8.40. The number of hydrogen-bond acceptors (Lipinski definition) is 3. The van der Waals surface area contributed by atoms with E-state index in [0.717, 1.165) is 17.2 Å². The summed E-state index contributed by atoms with van der Waals surface area (Å²) < 4.78 is 7.58. The SMILES string of the molecule is COc1cccc2cnc(C3CCCSC3)n12. The molecule has 1 saturated heterocycles. The topological polar surface area (TPSA) is 26.5 Å². The lowest BCUT2D eigenvalue weighted by Gasteiger charge is -2.20. The average Bonchev–Trinajstić information content (AvgIpc) is 2.83. The van der Waals surface area contributed by atoms with E-state index in [-0.39, 0.29) is 0 Å². The van der Waals surface area contributed by atoms with Crippen molar-refractivity contribution >= 4 is 17.3 Å². The van der Waals surface area contributed by atoms with Gasteiger partial charge in [0.1, 0.15) is 5.82 Å². The van der Waals surface area contributed by atoms with Crippen molar-refractivity contribution in [2.45, 2.75) is 18.8 Å². The molecule has 17 heavy (non-hydrogen) atoms. The van der Waals surface area contributed by atoms with Gasteiger partial charge in [-0.2, -0.15) is 11.8 Å². The van der Waals surface area contributed by atoms with Gasteiger partial charge in [0.15, 0.2) is 5.88 Å². The summed E-state index contributed by atoms with van der Waals surface area (Å²) in [7, 11) is 1.72. The molecule has 0 amide bonds. The predicted molar refractivity (Wildman–Crippen MR) is 71.0 cm³/mol. The summed E-state index contributed by atoms with van der Waals surface area (Å²) in [6.45, 7) is 0. The maximum atomic E-state index is 5.43. The highest BCUT2D eigenvalue weighted by atomic mass is 32.2. The van der Waals surface area contributed by atoms with Crippen molar-refractivity contribution < 1.29 is 4.74 Å². The third-order valence-corrected chi connectivity index (χ3v) is 4.49. The van der Waals surface area contributed by atoms with Gasteiger partial charge in [-0.1, -0.05) is 6.07 Å². The van der Waals surface area contributed by atoms with Gasteiger partial charge in [0.25, 0.3) is 0 Å². The van der Waals surface area contributed by atoms with Crippen molar-refractivity contribution in [2.24, 2.45) is 0 Å². The number of methoxy groups -OCH3 is 1. The van der Waals surface area contributed by atoms with Gasteiger partial charge in [-0.25, -0.2) is 4.98 Å². The van der Waals surface area contributed by atoms with Crippen molar-refractivity contribution in [3.63, 3.8) is 0 Å². The number of hydrogen-bond donors (Lipinski definition) is 0. The maximum Gasteiger partial charge on any atom is 0.199 e. The molecule has 3 nitrogen and oxygen atoms in total. The molecular formula is C13H16N2OS. The molecule has 0 radical (unpaired) electrons. The van der Waals surface area contributed by atoms with Gasteiger partial charge < -0.3 is 4.74 Å². The average molecular weight is 248 g/mol. The standard InChI is InChI=1S/C13H16N2OS/c1-16-12-6-2-5-11-8-14-13(15(11)12)10-4-3-7-17-9-10/h2,5-6,8,10H,3-4,7,9H2,1H3. The Hall–Kier alpha value is -1.16. The molecule has 0 aromatic carbocycles. The molecule has 1 atom stereocenters. The molecule has 0 N–H and O–H groups in total. The smallest absolute Gasteiger partial charge is 0.199 e. The van der Waals surface area contributed by atoms with Gasteiger partial charge in [0.2, 0.25) is 0 Å². The van der Waals surface area contributed by atoms with Crippen LogP contribution < -0.4 is 4.74 Å². The highest BCUT2D eigenvalue weighted by Gasteiger charge is 2.21. The van der Waals surface area contributed by atoms with Crippen molar-refractivity contribution in [3.8, 4) is 5.88 Å². The number of aromatic nitrogens is 2. The number of imidazole rings is 1. The fraction of sp³-hybridized carbons (Fsp3) is 0.462. The molecular weight excluding hydrogens is 232 g/mol. The van der Waals surface area contributed by atoms with Crippen LogP contribution >= 0.6 is 11.8 Å². The second-order valence-corrected chi connectivity index (χ2v) is 5.51. The van der Waals surface area contributed by atoms with E-state index in [9.17, 15) is 0 Å². The second-order valence-electron chi connectivity index (χ2n) is 4.36. The molecule has 0 saturated carbocycles. The Kier molecular flexibility index (Phi) is 2.97. The summed E-state index contributed by atoms with van der Waals surface area (Å²) in [5.41, 5.74) is 1.12. The molecule has 3 rings (SSSR count). The van der Waals surface area contributed by atoms with Crippen LogP contribution in [0.25, 0.3) is 5.52 Å². The van der Waals surface area contributed by atoms with E-state index in [1.54, 1.807) is 7.11 Å². The fourth-order valence-corrected chi connectivity index (χ4v) is 3.57. The Morgan fingerprint density at radius 2 is 2.41 bits per heavy atom. The van der Waals surface area contributed by atoms with Crippen molar-refractivity contribution in [3.05, 3.63) is 30.2 Å².